The van der Waals surface area contributed by atoms with E-state index in [9.17, 15) is 9.18 Å². The van der Waals surface area contributed by atoms with Gasteiger partial charge in [0.2, 0.25) is 0 Å². The van der Waals surface area contributed by atoms with Crippen molar-refractivity contribution in [3.63, 3.8) is 0 Å². The van der Waals surface area contributed by atoms with E-state index in [1.807, 2.05) is 23.9 Å². The summed E-state index contributed by atoms with van der Waals surface area (Å²) in [6, 6.07) is 22.6. The second kappa shape index (κ2) is 10.1. The third-order valence-corrected chi connectivity index (χ3v) is 7.92. The molecular weight excluding hydrogens is 433 g/mol. The first-order valence-corrected chi connectivity index (χ1v) is 12.7. The Kier molecular flexibility index (Phi) is 6.79. The van der Waals surface area contributed by atoms with Gasteiger partial charge in [-0.25, -0.2) is 4.39 Å². The molecule has 170 valence electrons. The lowest BCUT2D eigenvalue weighted by Gasteiger charge is -2.31. The lowest BCUT2D eigenvalue weighted by Crippen LogP contribution is -2.37. The summed E-state index contributed by atoms with van der Waals surface area (Å²) in [6.45, 7) is 2.89. The summed E-state index contributed by atoms with van der Waals surface area (Å²) in [6.07, 6.45) is 2.70. The van der Waals surface area contributed by atoms with Crippen LogP contribution in [-0.2, 0) is 6.42 Å². The predicted octanol–water partition coefficient (Wildman–Crippen LogP) is 6.54. The summed E-state index contributed by atoms with van der Waals surface area (Å²) >= 11 is 1.99. The molecule has 3 nitrogen and oxygen atoms in total. The number of halogens is 1. The number of nitrogens with zero attached hydrogens (tertiary/aromatic N) is 1. The Balaban J connectivity index is 1.15. The van der Waals surface area contributed by atoms with Crippen LogP contribution in [0, 0.1) is 11.7 Å². The van der Waals surface area contributed by atoms with E-state index in [1.165, 1.54) is 23.3 Å². The number of ketones is 1. The smallest absolute Gasteiger partial charge is 0.166 e. The van der Waals surface area contributed by atoms with Crippen molar-refractivity contribution in [1.29, 1.82) is 0 Å². The first-order valence-electron chi connectivity index (χ1n) is 11.7. The lowest BCUT2D eigenvalue weighted by atomic mass is 9.89. The average molecular weight is 462 g/mol. The van der Waals surface area contributed by atoms with Crippen molar-refractivity contribution >= 4 is 17.5 Å². The Morgan fingerprint density at radius 2 is 1.64 bits per heavy atom. The standard InChI is InChI=1S/C28H28FNO2S/c29-23-11-9-20(10-12-23)28(31)21-13-15-30(16-14-21)17-18-33-27-19-22-5-1-3-7-25(22)32-26-8-4-2-6-24(26)27/h1-12,21,27H,13-19H2. The Morgan fingerprint density at radius 1 is 0.939 bits per heavy atom. The molecule has 33 heavy (non-hydrogen) atoms. The molecule has 2 heterocycles. The van der Waals surface area contributed by atoms with Gasteiger partial charge in [-0.05, 0) is 74.3 Å². The quantitative estimate of drug-likeness (QED) is 0.390. The molecule has 0 N–H and O–H groups in total. The lowest BCUT2D eigenvalue weighted by molar-refractivity contribution is 0.0845. The highest BCUT2D eigenvalue weighted by Crippen LogP contribution is 2.44. The summed E-state index contributed by atoms with van der Waals surface area (Å²) in [5.74, 6) is 2.85. The number of Topliss-reactive ketones (excluding diaryl/α,β-unsaturated/α-hetero) is 1. The van der Waals surface area contributed by atoms with Gasteiger partial charge in [-0.3, -0.25) is 4.79 Å². The molecule has 2 aliphatic heterocycles. The van der Waals surface area contributed by atoms with Crippen LogP contribution in [-0.4, -0.2) is 36.1 Å². The van der Waals surface area contributed by atoms with E-state index in [0.29, 0.717) is 10.8 Å². The molecule has 0 spiro atoms. The molecule has 0 aromatic heterocycles. The number of carbonyl (C=O) groups is 1. The average Bonchev–Trinajstić information content (AvgIpc) is 3.01. The van der Waals surface area contributed by atoms with Crippen LogP contribution in [0.4, 0.5) is 4.39 Å². The van der Waals surface area contributed by atoms with E-state index < -0.39 is 0 Å². The van der Waals surface area contributed by atoms with Crippen LogP contribution >= 0.6 is 11.8 Å². The third kappa shape index (κ3) is 5.15. The SMILES string of the molecule is O=C(c1ccc(F)cc1)C1CCN(CCSC2Cc3ccccc3Oc3ccccc32)CC1. The molecule has 3 aromatic rings. The van der Waals surface area contributed by atoms with Crippen LogP contribution in [0.25, 0.3) is 0 Å². The summed E-state index contributed by atoms with van der Waals surface area (Å²) in [7, 11) is 0. The maximum atomic E-state index is 13.1. The van der Waals surface area contributed by atoms with Crippen molar-refractivity contribution in [3.05, 3.63) is 95.3 Å². The topological polar surface area (TPSA) is 29.5 Å². The molecule has 3 aromatic carbocycles. The van der Waals surface area contributed by atoms with E-state index in [4.69, 9.17) is 4.74 Å². The van der Waals surface area contributed by atoms with E-state index in [0.717, 1.165) is 56.1 Å². The molecule has 0 aliphatic carbocycles. The van der Waals surface area contributed by atoms with Crippen LogP contribution in [0.1, 0.15) is 39.6 Å². The maximum Gasteiger partial charge on any atom is 0.166 e. The molecule has 1 fully saturated rings. The van der Waals surface area contributed by atoms with Gasteiger partial charge in [0, 0.05) is 34.6 Å². The summed E-state index contributed by atoms with van der Waals surface area (Å²) in [5, 5.41) is 0.363. The number of ether oxygens (including phenoxy) is 1. The first-order chi connectivity index (χ1) is 16.2. The Labute approximate surface area is 199 Å². The second-order valence-corrected chi connectivity index (χ2v) is 10.1. The fourth-order valence-electron chi connectivity index (χ4n) is 4.78. The van der Waals surface area contributed by atoms with Gasteiger partial charge in [-0.1, -0.05) is 36.4 Å². The molecule has 5 heteroatoms. The Hall–Kier alpha value is -2.63. The van der Waals surface area contributed by atoms with E-state index in [1.54, 1.807) is 12.1 Å². The number of carbonyl (C=O) groups excluding carboxylic acids is 1. The van der Waals surface area contributed by atoms with Crippen molar-refractivity contribution in [1.82, 2.24) is 4.90 Å². The van der Waals surface area contributed by atoms with Crippen LogP contribution < -0.4 is 4.74 Å². The number of likely N-dealkylation sites (tertiary alicyclic amines) is 1. The second-order valence-electron chi connectivity index (χ2n) is 8.80. The number of rotatable bonds is 6. The number of hydrogen-bond donors (Lipinski definition) is 0. The molecule has 0 radical (unpaired) electrons. The van der Waals surface area contributed by atoms with Crippen molar-refractivity contribution in [2.45, 2.75) is 24.5 Å². The zero-order valence-electron chi connectivity index (χ0n) is 18.6. The highest BCUT2D eigenvalue weighted by Gasteiger charge is 2.27. The minimum Gasteiger partial charge on any atom is -0.457 e. The highest BCUT2D eigenvalue weighted by molar-refractivity contribution is 7.99. The predicted molar refractivity (Wildman–Crippen MR) is 132 cm³/mol. The summed E-state index contributed by atoms with van der Waals surface area (Å²) in [5.41, 5.74) is 3.15. The van der Waals surface area contributed by atoms with Crippen LogP contribution in [0.5, 0.6) is 11.5 Å². The van der Waals surface area contributed by atoms with Crippen molar-refractivity contribution in [2.75, 3.05) is 25.4 Å². The molecule has 0 amide bonds. The highest BCUT2D eigenvalue weighted by atomic mass is 32.2. The van der Waals surface area contributed by atoms with E-state index >= 15 is 0 Å². The Morgan fingerprint density at radius 3 is 2.42 bits per heavy atom. The third-order valence-electron chi connectivity index (χ3n) is 6.68. The van der Waals surface area contributed by atoms with Crippen LogP contribution in [0.15, 0.2) is 72.8 Å². The molecule has 5 rings (SSSR count). The minimum atomic E-state index is -0.301. The number of thioether (sulfide) groups is 1. The van der Waals surface area contributed by atoms with Gasteiger partial charge in [-0.15, -0.1) is 0 Å². The molecular formula is C28H28FNO2S. The molecule has 0 bridgehead atoms. The number of hydrogen-bond acceptors (Lipinski definition) is 4. The van der Waals surface area contributed by atoms with Crippen LogP contribution in [0.3, 0.4) is 0 Å². The monoisotopic (exact) mass is 461 g/mol. The summed E-state index contributed by atoms with van der Waals surface area (Å²) in [4.78, 5) is 15.2. The largest absolute Gasteiger partial charge is 0.457 e. The van der Waals surface area contributed by atoms with Crippen LogP contribution in [0.2, 0.25) is 0 Å². The summed E-state index contributed by atoms with van der Waals surface area (Å²) < 4.78 is 19.4. The first kappa shape index (κ1) is 22.2. The number of fused-ring (bicyclic) bond motifs is 2. The molecule has 1 saturated heterocycles. The van der Waals surface area contributed by atoms with Crippen molar-refractivity contribution in [3.8, 4) is 11.5 Å². The fraction of sp³-hybridized carbons (Fsp3) is 0.321. The normalized spacial score (nSPS) is 18.6. The van der Waals surface area contributed by atoms with Gasteiger partial charge in [-0.2, -0.15) is 11.8 Å². The molecule has 1 atom stereocenters. The van der Waals surface area contributed by atoms with Gasteiger partial charge in [0.1, 0.15) is 17.3 Å². The molecule has 1 unspecified atom stereocenters. The van der Waals surface area contributed by atoms with E-state index in [2.05, 4.69) is 41.3 Å². The van der Waals surface area contributed by atoms with Gasteiger partial charge in [0.15, 0.2) is 5.78 Å². The maximum absolute atomic E-state index is 13.1. The number of para-hydroxylation sites is 2. The minimum absolute atomic E-state index is 0.0433. The van der Waals surface area contributed by atoms with Gasteiger partial charge in [0.25, 0.3) is 0 Å². The van der Waals surface area contributed by atoms with Crippen molar-refractivity contribution in [2.24, 2.45) is 5.92 Å². The van der Waals surface area contributed by atoms with Gasteiger partial charge < -0.3 is 9.64 Å². The zero-order chi connectivity index (χ0) is 22.6. The van der Waals surface area contributed by atoms with Crippen molar-refractivity contribution < 1.29 is 13.9 Å². The fourth-order valence-corrected chi connectivity index (χ4v) is 6.10. The van der Waals surface area contributed by atoms with Gasteiger partial charge in [0.05, 0.1) is 0 Å². The number of benzene rings is 3. The van der Waals surface area contributed by atoms with E-state index in [-0.39, 0.29) is 17.5 Å². The van der Waals surface area contributed by atoms with Gasteiger partial charge >= 0.3 is 0 Å². The molecule has 2 aliphatic rings. The Bertz CT molecular complexity index is 1110. The molecule has 0 saturated carbocycles. The zero-order valence-corrected chi connectivity index (χ0v) is 19.4. The number of piperidine rings is 1.